The molecule has 3 nitrogen and oxygen atoms in total. The number of likely N-dealkylation sites (N-methyl/N-ethyl adjacent to an activating group) is 1. The minimum Gasteiger partial charge on any atom is -0.347 e. The topological polar surface area (TPSA) is 32.3 Å². The first kappa shape index (κ1) is 10.7. The Morgan fingerprint density at radius 2 is 2.18 bits per heavy atom. The van der Waals surface area contributed by atoms with Crippen molar-refractivity contribution in [1.29, 1.82) is 0 Å². The van der Waals surface area contributed by atoms with Crippen LogP contribution < -0.4 is 5.32 Å². The second-order valence-electron chi connectivity index (χ2n) is 2.88. The van der Waals surface area contributed by atoms with Gasteiger partial charge in [0.2, 0.25) is 5.91 Å². The molecule has 0 bridgehead atoms. The minimum absolute atomic E-state index is 0. The van der Waals surface area contributed by atoms with Gasteiger partial charge in [0.05, 0.1) is 6.04 Å². The molecule has 66 valence electrons. The highest BCUT2D eigenvalue weighted by Gasteiger charge is 2.22. The average Bonchev–Trinajstić information content (AvgIpc) is 2.36. The van der Waals surface area contributed by atoms with E-state index in [-0.39, 0.29) is 24.4 Å². The van der Waals surface area contributed by atoms with E-state index in [4.69, 9.17) is 0 Å². The molecule has 1 fully saturated rings. The highest BCUT2D eigenvalue weighted by Crippen LogP contribution is 2.06. The number of hydrogen-bond acceptors (Lipinski definition) is 2. The molecule has 1 heterocycles. The molecule has 0 aromatic heterocycles. The molecular formula is C7H15ClN2O. The van der Waals surface area contributed by atoms with E-state index in [1.807, 2.05) is 0 Å². The Morgan fingerprint density at radius 3 is 2.55 bits per heavy atom. The van der Waals surface area contributed by atoms with Crippen LogP contribution in [-0.4, -0.2) is 37.5 Å². The molecule has 1 amide bonds. The smallest absolute Gasteiger partial charge is 0.239 e. The Labute approximate surface area is 73.5 Å². The van der Waals surface area contributed by atoms with Crippen molar-refractivity contribution in [1.82, 2.24) is 10.2 Å². The third-order valence-electron chi connectivity index (χ3n) is 1.80. The van der Waals surface area contributed by atoms with Crippen molar-refractivity contribution in [3.05, 3.63) is 0 Å². The quantitative estimate of drug-likeness (QED) is 0.625. The first-order valence-electron chi connectivity index (χ1n) is 3.66. The maximum Gasteiger partial charge on any atom is 0.239 e. The lowest BCUT2D eigenvalue weighted by Gasteiger charge is -2.15. The fourth-order valence-electron chi connectivity index (χ4n) is 1.21. The lowest BCUT2D eigenvalue weighted by Crippen LogP contribution is -2.39. The van der Waals surface area contributed by atoms with E-state index < -0.39 is 0 Å². The Hall–Kier alpha value is -0.280. The number of amides is 1. The number of halogens is 1. The molecule has 1 atom stereocenters. The van der Waals surface area contributed by atoms with Crippen molar-refractivity contribution in [2.24, 2.45) is 0 Å². The number of nitrogens with zero attached hydrogens (tertiary/aromatic N) is 1. The molecule has 0 aromatic carbocycles. The van der Waals surface area contributed by atoms with Gasteiger partial charge < -0.3 is 10.2 Å². The van der Waals surface area contributed by atoms with Crippen LogP contribution in [0.25, 0.3) is 0 Å². The maximum absolute atomic E-state index is 11.2. The Balaban J connectivity index is 0.000001000. The van der Waals surface area contributed by atoms with Gasteiger partial charge in [-0.15, -0.1) is 12.4 Å². The van der Waals surface area contributed by atoms with E-state index in [9.17, 15) is 4.79 Å². The van der Waals surface area contributed by atoms with E-state index in [2.05, 4.69) is 5.32 Å². The number of carbonyl (C=O) groups is 1. The van der Waals surface area contributed by atoms with E-state index in [1.165, 1.54) is 0 Å². The van der Waals surface area contributed by atoms with Crippen LogP contribution in [0.15, 0.2) is 0 Å². The molecular weight excluding hydrogens is 164 g/mol. The van der Waals surface area contributed by atoms with Gasteiger partial charge >= 0.3 is 0 Å². The predicted molar refractivity (Wildman–Crippen MR) is 47.0 cm³/mol. The number of hydrogen-bond donors (Lipinski definition) is 1. The van der Waals surface area contributed by atoms with E-state index >= 15 is 0 Å². The van der Waals surface area contributed by atoms with Crippen molar-refractivity contribution in [3.63, 3.8) is 0 Å². The van der Waals surface area contributed by atoms with Crippen molar-refractivity contribution in [2.75, 3.05) is 20.6 Å². The van der Waals surface area contributed by atoms with Crippen LogP contribution in [0, 0.1) is 0 Å². The first-order valence-corrected chi connectivity index (χ1v) is 3.66. The molecule has 11 heavy (non-hydrogen) atoms. The molecule has 0 unspecified atom stereocenters. The van der Waals surface area contributed by atoms with Crippen LogP contribution in [0.4, 0.5) is 0 Å². The van der Waals surface area contributed by atoms with Gasteiger partial charge in [0, 0.05) is 14.1 Å². The van der Waals surface area contributed by atoms with Crippen molar-refractivity contribution < 1.29 is 4.79 Å². The summed E-state index contributed by atoms with van der Waals surface area (Å²) in [4.78, 5) is 12.9. The van der Waals surface area contributed by atoms with Gasteiger partial charge in [-0.3, -0.25) is 4.79 Å². The van der Waals surface area contributed by atoms with Gasteiger partial charge in [0.15, 0.2) is 0 Å². The summed E-state index contributed by atoms with van der Waals surface area (Å²) in [5.41, 5.74) is 0. The van der Waals surface area contributed by atoms with Gasteiger partial charge in [0.25, 0.3) is 0 Å². The molecule has 0 aliphatic carbocycles. The zero-order valence-electron chi connectivity index (χ0n) is 6.96. The summed E-state index contributed by atoms with van der Waals surface area (Å²) in [6.07, 6.45) is 2.13. The van der Waals surface area contributed by atoms with Crippen LogP contribution in [0.5, 0.6) is 0 Å². The molecule has 1 aliphatic heterocycles. The Morgan fingerprint density at radius 1 is 1.55 bits per heavy atom. The maximum atomic E-state index is 11.2. The van der Waals surface area contributed by atoms with Gasteiger partial charge in [-0.2, -0.15) is 0 Å². The third-order valence-corrected chi connectivity index (χ3v) is 1.80. The monoisotopic (exact) mass is 178 g/mol. The first-order chi connectivity index (χ1) is 4.72. The summed E-state index contributed by atoms with van der Waals surface area (Å²) in [5, 5.41) is 3.15. The zero-order chi connectivity index (χ0) is 7.56. The Kier molecular flexibility index (Phi) is 4.45. The molecule has 1 N–H and O–H groups in total. The summed E-state index contributed by atoms with van der Waals surface area (Å²) in [6.45, 7) is 0.990. The molecule has 4 heteroatoms. The van der Waals surface area contributed by atoms with Crippen LogP contribution in [-0.2, 0) is 4.79 Å². The van der Waals surface area contributed by atoms with Gasteiger partial charge in [-0.1, -0.05) is 0 Å². The summed E-state index contributed by atoms with van der Waals surface area (Å²) in [6, 6.07) is 0.0926. The standard InChI is InChI=1S/C7H14N2O.ClH/c1-9(2)7(10)6-4-3-5-8-6;/h6,8H,3-5H2,1-2H3;1H/t6-;/m0./s1. The van der Waals surface area contributed by atoms with Gasteiger partial charge in [-0.05, 0) is 19.4 Å². The second kappa shape index (κ2) is 4.57. The molecule has 0 saturated carbocycles. The molecule has 0 spiro atoms. The zero-order valence-corrected chi connectivity index (χ0v) is 7.78. The normalized spacial score (nSPS) is 22.5. The van der Waals surface area contributed by atoms with Gasteiger partial charge in [0.1, 0.15) is 0 Å². The van der Waals surface area contributed by atoms with Crippen LogP contribution in [0.3, 0.4) is 0 Å². The number of nitrogens with one attached hydrogen (secondary N) is 1. The highest BCUT2D eigenvalue weighted by molar-refractivity contribution is 5.85. The lowest BCUT2D eigenvalue weighted by atomic mass is 10.2. The summed E-state index contributed by atoms with van der Waals surface area (Å²) in [7, 11) is 3.59. The highest BCUT2D eigenvalue weighted by atomic mass is 35.5. The SMILES string of the molecule is CN(C)C(=O)[C@@H]1CCCN1.Cl. The summed E-state index contributed by atoms with van der Waals surface area (Å²) < 4.78 is 0. The fourth-order valence-corrected chi connectivity index (χ4v) is 1.21. The van der Waals surface area contributed by atoms with E-state index in [0.29, 0.717) is 0 Å². The molecule has 0 aromatic rings. The average molecular weight is 179 g/mol. The van der Waals surface area contributed by atoms with Crippen LogP contribution in [0.1, 0.15) is 12.8 Å². The van der Waals surface area contributed by atoms with Gasteiger partial charge in [-0.25, -0.2) is 0 Å². The second-order valence-corrected chi connectivity index (χ2v) is 2.88. The number of rotatable bonds is 1. The molecule has 1 rings (SSSR count). The minimum atomic E-state index is 0. The molecule has 1 aliphatic rings. The van der Waals surface area contributed by atoms with E-state index in [1.54, 1.807) is 19.0 Å². The number of carbonyl (C=O) groups excluding carboxylic acids is 1. The Bertz CT molecular complexity index is 132. The third kappa shape index (κ3) is 2.67. The van der Waals surface area contributed by atoms with Crippen LogP contribution >= 0.6 is 12.4 Å². The fraction of sp³-hybridized carbons (Fsp3) is 0.857. The van der Waals surface area contributed by atoms with Crippen molar-refractivity contribution >= 4 is 18.3 Å². The lowest BCUT2D eigenvalue weighted by molar-refractivity contribution is -0.130. The van der Waals surface area contributed by atoms with Crippen molar-refractivity contribution in [2.45, 2.75) is 18.9 Å². The van der Waals surface area contributed by atoms with Crippen LogP contribution in [0.2, 0.25) is 0 Å². The van der Waals surface area contributed by atoms with E-state index in [0.717, 1.165) is 19.4 Å². The van der Waals surface area contributed by atoms with Crippen molar-refractivity contribution in [3.8, 4) is 0 Å². The predicted octanol–water partition coefficient (Wildman–Crippen LogP) is 0.248. The summed E-state index contributed by atoms with van der Waals surface area (Å²) in [5.74, 6) is 0.206. The molecule has 1 saturated heterocycles. The summed E-state index contributed by atoms with van der Waals surface area (Å²) >= 11 is 0. The largest absolute Gasteiger partial charge is 0.347 e. The molecule has 0 radical (unpaired) electrons.